The molecule has 0 fully saturated rings. The van der Waals surface area contributed by atoms with Crippen LogP contribution in [-0.2, 0) is 11.2 Å². The van der Waals surface area contributed by atoms with Crippen LogP contribution in [0.4, 0.5) is 0 Å². The number of hydrogen-bond donors (Lipinski definition) is 0. The van der Waals surface area contributed by atoms with Gasteiger partial charge < -0.3 is 18.6 Å². The SMILES string of the molecule is COc1ccc(CC(=O)Oc2ccc3cc(-c4ccc(OC)cc4)c(=O)oc3c2)cc1. The third-order valence-corrected chi connectivity index (χ3v) is 4.85. The quantitative estimate of drug-likeness (QED) is 0.259. The van der Waals surface area contributed by atoms with Crippen LogP contribution in [-0.4, -0.2) is 20.2 Å². The molecule has 0 aliphatic rings. The van der Waals surface area contributed by atoms with Crippen LogP contribution in [0.25, 0.3) is 22.1 Å². The van der Waals surface area contributed by atoms with Gasteiger partial charge in [-0.15, -0.1) is 0 Å². The minimum Gasteiger partial charge on any atom is -0.497 e. The molecular weight excluding hydrogens is 396 g/mol. The van der Waals surface area contributed by atoms with Gasteiger partial charge in [-0.05, 0) is 53.6 Å². The second kappa shape index (κ2) is 8.75. The van der Waals surface area contributed by atoms with Crippen LogP contribution in [0.1, 0.15) is 5.56 Å². The smallest absolute Gasteiger partial charge is 0.344 e. The van der Waals surface area contributed by atoms with Gasteiger partial charge in [-0.25, -0.2) is 4.79 Å². The molecule has 0 unspecified atom stereocenters. The Labute approximate surface area is 178 Å². The summed E-state index contributed by atoms with van der Waals surface area (Å²) in [6.45, 7) is 0. The molecule has 0 radical (unpaired) electrons. The van der Waals surface area contributed by atoms with Crippen molar-refractivity contribution < 1.29 is 23.4 Å². The zero-order chi connectivity index (χ0) is 21.8. The summed E-state index contributed by atoms with van der Waals surface area (Å²) in [5, 5.41) is 0.723. The Morgan fingerprint density at radius 2 is 1.42 bits per heavy atom. The molecule has 0 atom stereocenters. The van der Waals surface area contributed by atoms with Crippen molar-refractivity contribution in [3.05, 3.63) is 88.8 Å². The first-order valence-electron chi connectivity index (χ1n) is 9.61. The van der Waals surface area contributed by atoms with E-state index < -0.39 is 11.6 Å². The van der Waals surface area contributed by atoms with Crippen LogP contribution in [0.15, 0.2) is 82.0 Å². The van der Waals surface area contributed by atoms with Gasteiger partial charge in [0, 0.05) is 11.5 Å². The maximum absolute atomic E-state index is 12.5. The first kappa shape index (κ1) is 20.2. The molecule has 6 nitrogen and oxygen atoms in total. The van der Waals surface area contributed by atoms with Gasteiger partial charge in [-0.1, -0.05) is 24.3 Å². The van der Waals surface area contributed by atoms with E-state index in [9.17, 15) is 9.59 Å². The Morgan fingerprint density at radius 1 is 0.806 bits per heavy atom. The molecule has 4 rings (SSSR count). The minimum atomic E-state index is -0.473. The van der Waals surface area contributed by atoms with Gasteiger partial charge in [0.15, 0.2) is 0 Å². The maximum atomic E-state index is 12.5. The van der Waals surface area contributed by atoms with Gasteiger partial charge in [-0.2, -0.15) is 0 Å². The van der Waals surface area contributed by atoms with E-state index in [0.29, 0.717) is 22.6 Å². The number of rotatable bonds is 6. The minimum absolute atomic E-state index is 0.113. The molecule has 4 aromatic rings. The van der Waals surface area contributed by atoms with E-state index in [2.05, 4.69) is 0 Å². The molecule has 1 heterocycles. The van der Waals surface area contributed by atoms with Crippen LogP contribution in [0, 0.1) is 0 Å². The molecule has 31 heavy (non-hydrogen) atoms. The molecule has 6 heteroatoms. The highest BCUT2D eigenvalue weighted by molar-refractivity contribution is 5.84. The summed E-state index contributed by atoms with van der Waals surface area (Å²) in [5.74, 6) is 1.32. The number of benzene rings is 3. The molecule has 0 aliphatic carbocycles. The number of ether oxygens (including phenoxy) is 3. The predicted molar refractivity (Wildman–Crippen MR) is 117 cm³/mol. The van der Waals surface area contributed by atoms with E-state index in [0.717, 1.165) is 22.3 Å². The van der Waals surface area contributed by atoms with Crippen molar-refractivity contribution in [2.75, 3.05) is 14.2 Å². The number of fused-ring (bicyclic) bond motifs is 1. The van der Waals surface area contributed by atoms with Gasteiger partial charge in [-0.3, -0.25) is 4.79 Å². The van der Waals surface area contributed by atoms with Crippen molar-refractivity contribution in [1.82, 2.24) is 0 Å². The number of carbonyl (C=O) groups is 1. The molecule has 0 bridgehead atoms. The summed E-state index contributed by atoms with van der Waals surface area (Å²) in [4.78, 5) is 24.8. The van der Waals surface area contributed by atoms with Gasteiger partial charge in [0.1, 0.15) is 22.8 Å². The van der Waals surface area contributed by atoms with Crippen molar-refractivity contribution in [3.63, 3.8) is 0 Å². The Kier molecular flexibility index (Phi) is 5.71. The predicted octanol–water partition coefficient (Wildman–Crippen LogP) is 4.63. The van der Waals surface area contributed by atoms with Gasteiger partial charge in [0.05, 0.1) is 26.2 Å². The largest absolute Gasteiger partial charge is 0.497 e. The molecule has 0 aliphatic heterocycles. The Bertz CT molecular complexity index is 1270. The Balaban J connectivity index is 1.53. The van der Waals surface area contributed by atoms with Crippen molar-refractivity contribution in [1.29, 1.82) is 0 Å². The lowest BCUT2D eigenvalue weighted by Crippen LogP contribution is -2.11. The lowest BCUT2D eigenvalue weighted by Gasteiger charge is -2.07. The maximum Gasteiger partial charge on any atom is 0.344 e. The zero-order valence-corrected chi connectivity index (χ0v) is 17.1. The Hall–Kier alpha value is -4.06. The van der Waals surface area contributed by atoms with Crippen LogP contribution < -0.4 is 19.8 Å². The Morgan fingerprint density at radius 3 is 2.06 bits per heavy atom. The first-order valence-corrected chi connectivity index (χ1v) is 9.61. The second-order valence-electron chi connectivity index (χ2n) is 6.87. The molecule has 0 spiro atoms. The van der Waals surface area contributed by atoms with Crippen molar-refractivity contribution in [3.8, 4) is 28.4 Å². The van der Waals surface area contributed by atoms with Gasteiger partial charge >= 0.3 is 11.6 Å². The number of hydrogen-bond acceptors (Lipinski definition) is 6. The molecule has 0 amide bonds. The first-order chi connectivity index (χ1) is 15.1. The van der Waals surface area contributed by atoms with E-state index >= 15 is 0 Å². The van der Waals surface area contributed by atoms with Crippen LogP contribution in [0.2, 0.25) is 0 Å². The molecule has 1 aromatic heterocycles. The van der Waals surface area contributed by atoms with Crippen LogP contribution in [0.3, 0.4) is 0 Å². The number of carbonyl (C=O) groups excluding carboxylic acids is 1. The molecule has 0 saturated carbocycles. The standard InChI is InChI=1S/C25H20O6/c1-28-19-8-3-16(4-9-19)13-24(26)30-21-12-7-18-14-22(25(27)31-23(18)15-21)17-5-10-20(29-2)11-6-17/h3-12,14-15H,13H2,1-2H3. The number of esters is 1. The zero-order valence-electron chi connectivity index (χ0n) is 17.1. The van der Waals surface area contributed by atoms with E-state index in [1.165, 1.54) is 0 Å². The molecule has 0 N–H and O–H groups in total. The fourth-order valence-corrected chi connectivity index (χ4v) is 3.20. The molecular formula is C25H20O6. The molecule has 0 saturated heterocycles. The fourth-order valence-electron chi connectivity index (χ4n) is 3.20. The lowest BCUT2D eigenvalue weighted by molar-refractivity contribution is -0.133. The molecule has 3 aromatic carbocycles. The van der Waals surface area contributed by atoms with E-state index in [1.807, 2.05) is 0 Å². The average Bonchev–Trinajstić information content (AvgIpc) is 2.79. The summed E-state index contributed by atoms with van der Waals surface area (Å²) in [5.41, 5.74) is 1.85. The van der Waals surface area contributed by atoms with Crippen molar-refractivity contribution >= 4 is 16.9 Å². The summed E-state index contributed by atoms with van der Waals surface area (Å²) in [6, 6.07) is 21.1. The van der Waals surface area contributed by atoms with Crippen molar-refractivity contribution in [2.45, 2.75) is 6.42 Å². The fraction of sp³-hybridized carbons (Fsp3) is 0.120. The van der Waals surface area contributed by atoms with Crippen LogP contribution >= 0.6 is 0 Å². The average molecular weight is 416 g/mol. The lowest BCUT2D eigenvalue weighted by atomic mass is 10.1. The second-order valence-corrected chi connectivity index (χ2v) is 6.87. The normalized spacial score (nSPS) is 10.6. The summed E-state index contributed by atoms with van der Waals surface area (Å²) in [6.07, 6.45) is 0.113. The van der Waals surface area contributed by atoms with Crippen molar-refractivity contribution in [2.24, 2.45) is 0 Å². The highest BCUT2D eigenvalue weighted by Crippen LogP contribution is 2.26. The monoisotopic (exact) mass is 416 g/mol. The van der Waals surface area contributed by atoms with E-state index in [1.54, 1.807) is 87.0 Å². The van der Waals surface area contributed by atoms with Gasteiger partial charge in [0.2, 0.25) is 0 Å². The molecule has 156 valence electrons. The van der Waals surface area contributed by atoms with Crippen LogP contribution in [0.5, 0.6) is 17.2 Å². The topological polar surface area (TPSA) is 75.0 Å². The third-order valence-electron chi connectivity index (χ3n) is 4.85. The van der Waals surface area contributed by atoms with E-state index in [-0.39, 0.29) is 6.42 Å². The summed E-state index contributed by atoms with van der Waals surface area (Å²) < 4.78 is 21.2. The van der Waals surface area contributed by atoms with Gasteiger partial charge in [0.25, 0.3) is 0 Å². The third kappa shape index (κ3) is 4.59. The van der Waals surface area contributed by atoms with E-state index in [4.69, 9.17) is 18.6 Å². The number of methoxy groups -OCH3 is 2. The summed E-state index contributed by atoms with van der Waals surface area (Å²) in [7, 11) is 3.17. The highest BCUT2D eigenvalue weighted by atomic mass is 16.5. The highest BCUT2D eigenvalue weighted by Gasteiger charge is 2.11. The summed E-state index contributed by atoms with van der Waals surface area (Å²) >= 11 is 0.